The maximum atomic E-state index is 12.7. The third kappa shape index (κ3) is 7.16. The van der Waals surface area contributed by atoms with E-state index in [9.17, 15) is 14.4 Å². The molecule has 0 fully saturated rings. The number of hydrogen-bond donors (Lipinski definition) is 3. The smallest absolute Gasteiger partial charge is 0.303 e. The number of aryl methyl sites for hydroxylation is 2. The number of hydrogen-bond acceptors (Lipinski definition) is 6. The Morgan fingerprint density at radius 2 is 1.67 bits per heavy atom. The Morgan fingerprint density at radius 1 is 1.00 bits per heavy atom. The van der Waals surface area contributed by atoms with Gasteiger partial charge >= 0.3 is 5.97 Å². The molecule has 9 heteroatoms. The van der Waals surface area contributed by atoms with Crippen LogP contribution in [0.2, 0.25) is 0 Å². The first-order chi connectivity index (χ1) is 15.7. The number of aliphatic carboxylic acids is 1. The van der Waals surface area contributed by atoms with E-state index in [1.54, 1.807) is 12.1 Å². The number of thiazole rings is 1. The number of carbonyl (C=O) groups is 3. The van der Waals surface area contributed by atoms with E-state index in [1.165, 1.54) is 28.7 Å². The highest BCUT2D eigenvalue weighted by Crippen LogP contribution is 2.31. The summed E-state index contributed by atoms with van der Waals surface area (Å²) < 4.78 is 0. The number of rotatable bonds is 9. The Balaban J connectivity index is 1.55. The third-order valence-electron chi connectivity index (χ3n) is 4.74. The van der Waals surface area contributed by atoms with Gasteiger partial charge in [-0.15, -0.1) is 23.1 Å². The minimum atomic E-state index is -1.01. The van der Waals surface area contributed by atoms with Gasteiger partial charge in [-0.25, -0.2) is 4.98 Å². The topological polar surface area (TPSA) is 108 Å². The first-order valence-corrected chi connectivity index (χ1v) is 12.0. The van der Waals surface area contributed by atoms with Gasteiger partial charge < -0.3 is 15.7 Å². The van der Waals surface area contributed by atoms with E-state index in [0.29, 0.717) is 10.8 Å². The van der Waals surface area contributed by atoms with Crippen molar-refractivity contribution >= 4 is 51.7 Å². The summed E-state index contributed by atoms with van der Waals surface area (Å²) in [5.74, 6) is -1.51. The number of benzene rings is 2. The van der Waals surface area contributed by atoms with E-state index in [-0.39, 0.29) is 29.9 Å². The lowest BCUT2D eigenvalue weighted by atomic mass is 10.1. The summed E-state index contributed by atoms with van der Waals surface area (Å²) in [6.45, 7) is 5.85. The number of nitrogens with one attached hydrogen (secondary N) is 2. The van der Waals surface area contributed by atoms with Gasteiger partial charge in [0, 0.05) is 27.4 Å². The maximum Gasteiger partial charge on any atom is 0.303 e. The first kappa shape index (κ1) is 24.5. The van der Waals surface area contributed by atoms with Crippen LogP contribution in [0.1, 0.15) is 30.2 Å². The number of amides is 2. The average Bonchev–Trinajstić information content (AvgIpc) is 3.14. The van der Waals surface area contributed by atoms with Gasteiger partial charge in [-0.1, -0.05) is 29.8 Å². The van der Waals surface area contributed by atoms with E-state index in [1.807, 2.05) is 57.2 Å². The van der Waals surface area contributed by atoms with Crippen molar-refractivity contribution in [1.29, 1.82) is 0 Å². The molecule has 1 heterocycles. The number of nitrogens with zero attached hydrogens (tertiary/aromatic N) is 1. The summed E-state index contributed by atoms with van der Waals surface area (Å²) in [5.41, 5.74) is 3.65. The van der Waals surface area contributed by atoms with Gasteiger partial charge in [0.2, 0.25) is 11.8 Å². The average molecular weight is 484 g/mol. The van der Waals surface area contributed by atoms with Crippen LogP contribution >= 0.6 is 23.1 Å². The van der Waals surface area contributed by atoms with Crippen LogP contribution in [0.25, 0.3) is 11.3 Å². The molecule has 3 N–H and O–H groups in total. The quantitative estimate of drug-likeness (QED) is 0.354. The monoisotopic (exact) mass is 483 g/mol. The molecular formula is C24H25N3O4S2. The molecule has 0 radical (unpaired) electrons. The molecule has 0 bridgehead atoms. The Labute approximate surface area is 200 Å². The maximum absolute atomic E-state index is 12.7. The predicted molar refractivity (Wildman–Crippen MR) is 133 cm³/mol. The van der Waals surface area contributed by atoms with Crippen molar-refractivity contribution in [3.63, 3.8) is 0 Å². The van der Waals surface area contributed by atoms with Crippen LogP contribution in [-0.4, -0.2) is 33.1 Å². The molecule has 0 aliphatic heterocycles. The van der Waals surface area contributed by atoms with Gasteiger partial charge in [-0.3, -0.25) is 14.4 Å². The molecule has 1 unspecified atom stereocenters. The number of thioether (sulfide) groups is 1. The molecule has 2 aromatic carbocycles. The van der Waals surface area contributed by atoms with E-state index in [0.717, 1.165) is 21.0 Å². The van der Waals surface area contributed by atoms with Crippen molar-refractivity contribution in [3.8, 4) is 11.3 Å². The van der Waals surface area contributed by atoms with Gasteiger partial charge in [0.1, 0.15) is 0 Å². The van der Waals surface area contributed by atoms with Crippen LogP contribution in [0.5, 0.6) is 0 Å². The lowest BCUT2D eigenvalue weighted by molar-refractivity contribution is -0.138. The zero-order valence-corrected chi connectivity index (χ0v) is 20.2. The highest BCUT2D eigenvalue weighted by atomic mass is 32.2. The van der Waals surface area contributed by atoms with E-state index < -0.39 is 5.97 Å². The van der Waals surface area contributed by atoms with E-state index in [4.69, 9.17) is 5.11 Å². The zero-order chi connectivity index (χ0) is 24.0. The number of carbonyl (C=O) groups excluding carboxylic acids is 2. The van der Waals surface area contributed by atoms with Crippen LogP contribution < -0.4 is 10.6 Å². The van der Waals surface area contributed by atoms with Crippen molar-refractivity contribution in [2.45, 2.75) is 43.8 Å². The Bertz CT molecular complexity index is 1140. The lowest BCUT2D eigenvalue weighted by Gasteiger charge is -2.11. The zero-order valence-electron chi connectivity index (χ0n) is 18.5. The van der Waals surface area contributed by atoms with Gasteiger partial charge in [0.15, 0.2) is 5.13 Å². The molecule has 7 nitrogen and oxygen atoms in total. The van der Waals surface area contributed by atoms with Crippen molar-refractivity contribution in [2.75, 3.05) is 10.6 Å². The highest BCUT2D eigenvalue weighted by molar-refractivity contribution is 8.00. The Kier molecular flexibility index (Phi) is 8.24. The second-order valence-corrected chi connectivity index (χ2v) is 10.1. The SMILES string of the molecule is Cc1ccc(-c2nc(NC(=O)C(C)Sc3ccc(NC(=O)CCC(=O)O)cc3)sc2C)cc1. The van der Waals surface area contributed by atoms with Crippen LogP contribution in [0.3, 0.4) is 0 Å². The van der Waals surface area contributed by atoms with Crippen molar-refractivity contribution in [2.24, 2.45) is 0 Å². The summed E-state index contributed by atoms with van der Waals surface area (Å²) in [4.78, 5) is 41.5. The number of carboxylic acid groups (broad SMARTS) is 1. The molecule has 0 aliphatic carbocycles. The molecule has 1 atom stereocenters. The summed E-state index contributed by atoms with van der Waals surface area (Å²) in [7, 11) is 0. The minimum Gasteiger partial charge on any atom is -0.481 e. The predicted octanol–water partition coefficient (Wildman–Crippen LogP) is 5.35. The molecule has 172 valence electrons. The molecule has 0 aliphatic rings. The van der Waals surface area contributed by atoms with E-state index in [2.05, 4.69) is 15.6 Å². The molecule has 3 aromatic rings. The summed E-state index contributed by atoms with van der Waals surface area (Å²) in [5, 5.41) is 14.4. The molecule has 0 spiro atoms. The second kappa shape index (κ2) is 11.1. The standard InChI is InChI=1S/C24H25N3O4S2/c1-14-4-6-17(7-5-14)22-15(2)33-24(26-22)27-23(31)16(3)32-19-10-8-18(9-11-19)25-20(28)12-13-21(29)30/h4-11,16H,12-13H2,1-3H3,(H,25,28)(H,29,30)(H,26,27,31). The molecule has 0 saturated heterocycles. The van der Waals surface area contributed by atoms with Gasteiger partial charge in [0.25, 0.3) is 0 Å². The molecule has 0 saturated carbocycles. The van der Waals surface area contributed by atoms with Crippen molar-refractivity contribution in [3.05, 3.63) is 59.0 Å². The highest BCUT2D eigenvalue weighted by Gasteiger charge is 2.18. The van der Waals surface area contributed by atoms with Gasteiger partial charge in [0.05, 0.1) is 17.4 Å². The van der Waals surface area contributed by atoms with Gasteiger partial charge in [-0.2, -0.15) is 0 Å². The minimum absolute atomic E-state index is 0.0785. The summed E-state index contributed by atoms with van der Waals surface area (Å²) >= 11 is 2.85. The van der Waals surface area contributed by atoms with Crippen LogP contribution in [0.15, 0.2) is 53.4 Å². The third-order valence-corrected chi connectivity index (χ3v) is 6.74. The van der Waals surface area contributed by atoms with Crippen LogP contribution in [0, 0.1) is 13.8 Å². The fourth-order valence-electron chi connectivity index (χ4n) is 2.95. The summed E-state index contributed by atoms with van der Waals surface area (Å²) in [6.07, 6.45) is -0.289. The van der Waals surface area contributed by atoms with Gasteiger partial charge in [-0.05, 0) is 45.0 Å². The summed E-state index contributed by atoms with van der Waals surface area (Å²) in [6, 6.07) is 15.2. The van der Waals surface area contributed by atoms with Crippen molar-refractivity contribution in [1.82, 2.24) is 4.98 Å². The number of aromatic nitrogens is 1. The molecule has 1 aromatic heterocycles. The lowest BCUT2D eigenvalue weighted by Crippen LogP contribution is -2.22. The molecule has 2 amide bonds. The largest absolute Gasteiger partial charge is 0.481 e. The van der Waals surface area contributed by atoms with Crippen molar-refractivity contribution < 1.29 is 19.5 Å². The van der Waals surface area contributed by atoms with Crippen LogP contribution in [0.4, 0.5) is 10.8 Å². The fraction of sp³-hybridized carbons (Fsp3) is 0.250. The molecular weight excluding hydrogens is 458 g/mol. The Morgan fingerprint density at radius 3 is 2.30 bits per heavy atom. The normalized spacial score (nSPS) is 11.6. The first-order valence-electron chi connectivity index (χ1n) is 10.3. The second-order valence-electron chi connectivity index (χ2n) is 7.51. The van der Waals surface area contributed by atoms with E-state index >= 15 is 0 Å². The Hall–Kier alpha value is -3.17. The number of carboxylic acids is 1. The van der Waals surface area contributed by atoms with Crippen LogP contribution in [-0.2, 0) is 14.4 Å². The molecule has 33 heavy (non-hydrogen) atoms. The number of anilines is 2. The fourth-order valence-corrected chi connectivity index (χ4v) is 4.66. The molecule has 3 rings (SSSR count).